The summed E-state index contributed by atoms with van der Waals surface area (Å²) in [7, 11) is 1.31. The van der Waals surface area contributed by atoms with Crippen LogP contribution in [0.5, 0.6) is 5.75 Å². The molecule has 8 heteroatoms. The lowest BCUT2D eigenvalue weighted by Crippen LogP contribution is -2.45. The van der Waals surface area contributed by atoms with Gasteiger partial charge in [0.05, 0.1) is 18.7 Å². The molecule has 0 spiro atoms. The maximum atomic E-state index is 12.3. The number of hydrogen-bond acceptors (Lipinski definition) is 6. The van der Waals surface area contributed by atoms with Gasteiger partial charge in [-0.3, -0.25) is 0 Å². The smallest absolute Gasteiger partial charge is 0.353 e. The molecule has 1 aromatic heterocycles. The molecule has 0 unspecified atom stereocenters. The van der Waals surface area contributed by atoms with Crippen molar-refractivity contribution >= 4 is 40.6 Å². The number of esters is 2. The number of rotatable bonds is 4. The van der Waals surface area contributed by atoms with Crippen LogP contribution in [0.15, 0.2) is 53.0 Å². The first kappa shape index (κ1) is 18.1. The Kier molecular flexibility index (Phi) is 5.34. The van der Waals surface area contributed by atoms with Crippen LogP contribution in [0.25, 0.3) is 0 Å². The van der Waals surface area contributed by atoms with Gasteiger partial charge in [0.25, 0.3) is 0 Å². The zero-order chi connectivity index (χ0) is 18.7. The van der Waals surface area contributed by atoms with Gasteiger partial charge in [0.2, 0.25) is 0 Å². The third-order valence-electron chi connectivity index (χ3n) is 3.83. The van der Waals surface area contributed by atoms with Crippen LogP contribution in [0, 0.1) is 0 Å². The van der Waals surface area contributed by atoms with Gasteiger partial charge in [-0.2, -0.15) is 0 Å². The summed E-state index contributed by atoms with van der Waals surface area (Å²) in [5, 5.41) is 8.15. The highest BCUT2D eigenvalue weighted by atomic mass is 32.1. The van der Waals surface area contributed by atoms with E-state index in [0.29, 0.717) is 32.6 Å². The van der Waals surface area contributed by atoms with Gasteiger partial charge in [-0.1, -0.05) is 24.3 Å². The fourth-order valence-corrected chi connectivity index (χ4v) is 3.53. The molecule has 0 aliphatic carbocycles. The van der Waals surface area contributed by atoms with Gasteiger partial charge in [-0.05, 0) is 36.7 Å². The maximum Gasteiger partial charge on any atom is 0.353 e. The van der Waals surface area contributed by atoms with E-state index in [4.69, 9.17) is 21.7 Å². The second kappa shape index (κ2) is 7.67. The zero-order valence-electron chi connectivity index (χ0n) is 14.1. The molecule has 1 aliphatic rings. The Labute approximate surface area is 159 Å². The molecule has 0 radical (unpaired) electrons. The Hall–Kier alpha value is -2.71. The van der Waals surface area contributed by atoms with E-state index in [2.05, 4.69) is 10.6 Å². The predicted molar refractivity (Wildman–Crippen MR) is 102 cm³/mol. The first-order valence-electron chi connectivity index (χ1n) is 7.72. The summed E-state index contributed by atoms with van der Waals surface area (Å²) in [6.07, 6.45) is 0. The molecule has 1 aromatic carbocycles. The average Bonchev–Trinajstić information content (AvgIpc) is 3.16. The molecule has 2 N–H and O–H groups in total. The van der Waals surface area contributed by atoms with Gasteiger partial charge in [0.1, 0.15) is 10.6 Å². The zero-order valence-corrected chi connectivity index (χ0v) is 15.7. The summed E-state index contributed by atoms with van der Waals surface area (Å²) in [6, 6.07) is 9.89. The van der Waals surface area contributed by atoms with Crippen LogP contribution in [0.2, 0.25) is 0 Å². The molecule has 134 valence electrons. The Morgan fingerprint density at radius 3 is 2.62 bits per heavy atom. The third-order valence-corrected chi connectivity index (χ3v) is 4.90. The molecule has 0 amide bonds. The highest BCUT2D eigenvalue weighted by molar-refractivity contribution is 7.80. The average molecular weight is 388 g/mol. The van der Waals surface area contributed by atoms with Crippen molar-refractivity contribution in [1.82, 2.24) is 10.6 Å². The molecule has 2 heterocycles. The van der Waals surface area contributed by atoms with Crippen LogP contribution in [-0.4, -0.2) is 24.2 Å². The van der Waals surface area contributed by atoms with Gasteiger partial charge in [0, 0.05) is 11.3 Å². The van der Waals surface area contributed by atoms with Gasteiger partial charge in [0.15, 0.2) is 5.11 Å². The number of carbonyl (C=O) groups excluding carboxylic acids is 2. The van der Waals surface area contributed by atoms with E-state index < -0.39 is 18.0 Å². The van der Waals surface area contributed by atoms with Crippen molar-refractivity contribution in [3.63, 3.8) is 0 Å². The minimum Gasteiger partial charge on any atom is -0.466 e. The number of carbonyl (C=O) groups is 2. The Bertz CT molecular complexity index is 890. The van der Waals surface area contributed by atoms with Crippen molar-refractivity contribution in [3.05, 3.63) is 63.5 Å². The molecule has 26 heavy (non-hydrogen) atoms. The van der Waals surface area contributed by atoms with Gasteiger partial charge >= 0.3 is 11.9 Å². The number of nitrogens with one attached hydrogen (secondary N) is 2. The summed E-state index contributed by atoms with van der Waals surface area (Å²) >= 11 is 6.51. The number of para-hydroxylation sites is 1. The van der Waals surface area contributed by atoms with E-state index in [1.54, 1.807) is 48.7 Å². The van der Waals surface area contributed by atoms with Crippen LogP contribution in [0.4, 0.5) is 0 Å². The fraction of sp³-hybridized carbons (Fsp3) is 0.167. The lowest BCUT2D eigenvalue weighted by Gasteiger charge is -2.30. The molecule has 0 bridgehead atoms. The van der Waals surface area contributed by atoms with Crippen molar-refractivity contribution in [3.8, 4) is 5.75 Å². The number of benzene rings is 1. The van der Waals surface area contributed by atoms with Crippen molar-refractivity contribution in [2.45, 2.75) is 13.0 Å². The fourth-order valence-electron chi connectivity index (χ4n) is 2.66. The number of thiocarbonyl (C=S) groups is 1. The molecule has 3 rings (SSSR count). The maximum absolute atomic E-state index is 12.3. The SMILES string of the molecule is COC(=O)C1=C(C)NC(=S)N[C@@H]1c1ccccc1OC(=O)c1cccs1. The number of ether oxygens (including phenoxy) is 2. The van der Waals surface area contributed by atoms with E-state index >= 15 is 0 Å². The molecular formula is C18H16N2O4S2. The Balaban J connectivity index is 2.00. The monoisotopic (exact) mass is 388 g/mol. The number of thiophene rings is 1. The van der Waals surface area contributed by atoms with E-state index in [-0.39, 0.29) is 0 Å². The van der Waals surface area contributed by atoms with Crippen molar-refractivity contribution in [1.29, 1.82) is 0 Å². The van der Waals surface area contributed by atoms with Gasteiger partial charge in [-0.25, -0.2) is 9.59 Å². The van der Waals surface area contributed by atoms with E-state index in [1.807, 2.05) is 0 Å². The summed E-state index contributed by atoms with van der Waals surface area (Å²) in [5.74, 6) is -0.596. The summed E-state index contributed by atoms with van der Waals surface area (Å²) in [4.78, 5) is 25.1. The molecule has 1 aliphatic heterocycles. The first-order valence-corrected chi connectivity index (χ1v) is 9.01. The number of allylic oxidation sites excluding steroid dienone is 1. The summed E-state index contributed by atoms with van der Waals surface area (Å²) < 4.78 is 10.5. The minimum atomic E-state index is -0.594. The minimum absolute atomic E-state index is 0.349. The van der Waals surface area contributed by atoms with Crippen molar-refractivity contribution < 1.29 is 19.1 Å². The lowest BCUT2D eigenvalue weighted by atomic mass is 9.95. The second-order valence-electron chi connectivity index (χ2n) is 5.47. The topological polar surface area (TPSA) is 76.7 Å². The molecule has 0 fully saturated rings. The van der Waals surface area contributed by atoms with Crippen molar-refractivity contribution in [2.24, 2.45) is 0 Å². The molecule has 2 aromatic rings. The lowest BCUT2D eigenvalue weighted by molar-refractivity contribution is -0.136. The van der Waals surface area contributed by atoms with Crippen molar-refractivity contribution in [2.75, 3.05) is 7.11 Å². The Morgan fingerprint density at radius 1 is 1.15 bits per heavy atom. The van der Waals surface area contributed by atoms with Crippen LogP contribution < -0.4 is 15.4 Å². The van der Waals surface area contributed by atoms with E-state index in [0.717, 1.165) is 0 Å². The van der Waals surface area contributed by atoms with E-state index in [1.165, 1.54) is 18.4 Å². The largest absolute Gasteiger partial charge is 0.466 e. The standard InChI is InChI=1S/C18H16N2O4S2/c1-10-14(17(22)23-2)15(20-18(25)19-10)11-6-3-4-7-12(11)24-16(21)13-8-5-9-26-13/h3-9,15H,1-2H3,(H2,19,20,25)/t15-/m1/s1. The normalized spacial score (nSPS) is 16.5. The number of methoxy groups -OCH3 is 1. The molecule has 6 nitrogen and oxygen atoms in total. The molecular weight excluding hydrogens is 372 g/mol. The second-order valence-corrected chi connectivity index (χ2v) is 6.82. The van der Waals surface area contributed by atoms with Gasteiger partial charge in [-0.15, -0.1) is 11.3 Å². The summed E-state index contributed by atoms with van der Waals surface area (Å²) in [6.45, 7) is 1.74. The highest BCUT2D eigenvalue weighted by Gasteiger charge is 2.32. The van der Waals surface area contributed by atoms with Crippen LogP contribution >= 0.6 is 23.6 Å². The van der Waals surface area contributed by atoms with Gasteiger partial charge < -0.3 is 20.1 Å². The van der Waals surface area contributed by atoms with Crippen LogP contribution in [-0.2, 0) is 9.53 Å². The third kappa shape index (κ3) is 3.61. The quantitative estimate of drug-likeness (QED) is 0.474. The Morgan fingerprint density at radius 2 is 1.92 bits per heavy atom. The predicted octanol–water partition coefficient (Wildman–Crippen LogP) is 2.93. The first-order chi connectivity index (χ1) is 12.5. The summed E-state index contributed by atoms with van der Waals surface area (Å²) in [5.41, 5.74) is 1.58. The number of hydrogen-bond donors (Lipinski definition) is 2. The van der Waals surface area contributed by atoms with Crippen LogP contribution in [0.1, 0.15) is 28.2 Å². The van der Waals surface area contributed by atoms with Crippen LogP contribution in [0.3, 0.4) is 0 Å². The highest BCUT2D eigenvalue weighted by Crippen LogP contribution is 2.34. The molecule has 0 saturated carbocycles. The molecule has 1 atom stereocenters. The molecule has 0 saturated heterocycles. The van der Waals surface area contributed by atoms with E-state index in [9.17, 15) is 9.59 Å².